The lowest BCUT2D eigenvalue weighted by atomic mass is 10.2. The molecular formula is C15H19N5O. The molecule has 1 aromatic heterocycles. The number of rotatable bonds is 2. The zero-order chi connectivity index (χ0) is 14.7. The molecule has 1 aliphatic heterocycles. The zero-order valence-corrected chi connectivity index (χ0v) is 12.0. The van der Waals surface area contributed by atoms with Gasteiger partial charge in [-0.25, -0.2) is 9.78 Å². The SMILES string of the molecule is N#Cc1cccnc1N1CCCN(C(=O)NC2CC2)CC1. The van der Waals surface area contributed by atoms with Gasteiger partial charge in [-0.1, -0.05) is 0 Å². The Hall–Kier alpha value is -2.29. The Morgan fingerprint density at radius 1 is 1.33 bits per heavy atom. The highest BCUT2D eigenvalue weighted by molar-refractivity contribution is 5.75. The molecule has 2 heterocycles. The second-order valence-electron chi connectivity index (χ2n) is 5.54. The quantitative estimate of drug-likeness (QED) is 0.890. The van der Waals surface area contributed by atoms with Crippen molar-refractivity contribution in [2.45, 2.75) is 25.3 Å². The van der Waals surface area contributed by atoms with E-state index in [9.17, 15) is 10.1 Å². The van der Waals surface area contributed by atoms with Crippen LogP contribution >= 0.6 is 0 Å². The fourth-order valence-corrected chi connectivity index (χ4v) is 2.56. The van der Waals surface area contributed by atoms with Crippen LogP contribution in [-0.4, -0.2) is 48.1 Å². The van der Waals surface area contributed by atoms with E-state index in [2.05, 4.69) is 21.3 Å². The molecule has 21 heavy (non-hydrogen) atoms. The Labute approximate surface area is 124 Å². The Balaban J connectivity index is 1.65. The third-order valence-corrected chi connectivity index (χ3v) is 3.89. The van der Waals surface area contributed by atoms with Gasteiger partial charge in [0.2, 0.25) is 0 Å². The van der Waals surface area contributed by atoms with E-state index in [1.165, 1.54) is 0 Å². The summed E-state index contributed by atoms with van der Waals surface area (Å²) in [6.45, 7) is 2.95. The standard InChI is InChI=1S/C15H19N5O/c16-11-12-3-1-6-17-14(12)19-7-2-8-20(10-9-19)15(21)18-13-4-5-13/h1,3,6,13H,2,4-5,7-10H2,(H,18,21). The van der Waals surface area contributed by atoms with Gasteiger partial charge in [-0.3, -0.25) is 0 Å². The highest BCUT2D eigenvalue weighted by atomic mass is 16.2. The second kappa shape index (κ2) is 6.00. The molecule has 6 heteroatoms. The Kier molecular flexibility index (Phi) is 3.91. The Morgan fingerprint density at radius 3 is 2.95 bits per heavy atom. The molecule has 110 valence electrons. The monoisotopic (exact) mass is 285 g/mol. The second-order valence-corrected chi connectivity index (χ2v) is 5.54. The molecule has 0 aromatic carbocycles. The van der Waals surface area contributed by atoms with Crippen molar-refractivity contribution >= 4 is 11.8 Å². The van der Waals surface area contributed by atoms with Gasteiger partial charge >= 0.3 is 6.03 Å². The number of carbonyl (C=O) groups excluding carboxylic acids is 1. The van der Waals surface area contributed by atoms with Gasteiger partial charge in [-0.2, -0.15) is 5.26 Å². The van der Waals surface area contributed by atoms with E-state index in [0.717, 1.165) is 38.2 Å². The molecule has 0 unspecified atom stereocenters. The Bertz CT molecular complexity index is 563. The molecule has 1 N–H and O–H groups in total. The largest absolute Gasteiger partial charge is 0.354 e. The summed E-state index contributed by atoms with van der Waals surface area (Å²) in [6.07, 6.45) is 4.80. The summed E-state index contributed by atoms with van der Waals surface area (Å²) in [6, 6.07) is 6.17. The van der Waals surface area contributed by atoms with Crippen molar-refractivity contribution in [3.05, 3.63) is 23.9 Å². The number of hydrogen-bond acceptors (Lipinski definition) is 4. The summed E-state index contributed by atoms with van der Waals surface area (Å²) in [7, 11) is 0. The summed E-state index contributed by atoms with van der Waals surface area (Å²) >= 11 is 0. The number of amides is 2. The van der Waals surface area contributed by atoms with Crippen LogP contribution in [0.25, 0.3) is 0 Å². The minimum absolute atomic E-state index is 0.0425. The van der Waals surface area contributed by atoms with Crippen LogP contribution in [0.15, 0.2) is 18.3 Å². The topological polar surface area (TPSA) is 72.3 Å². The maximum absolute atomic E-state index is 12.1. The molecule has 0 spiro atoms. The zero-order valence-electron chi connectivity index (χ0n) is 12.0. The highest BCUT2D eigenvalue weighted by Gasteiger charge is 2.27. The number of nitriles is 1. The molecule has 3 rings (SSSR count). The van der Waals surface area contributed by atoms with Gasteiger partial charge in [0.15, 0.2) is 0 Å². The summed E-state index contributed by atoms with van der Waals surface area (Å²) in [5.41, 5.74) is 0.591. The van der Waals surface area contributed by atoms with Crippen LogP contribution in [0.3, 0.4) is 0 Å². The molecule has 1 saturated carbocycles. The van der Waals surface area contributed by atoms with Crippen molar-refractivity contribution in [1.82, 2.24) is 15.2 Å². The van der Waals surface area contributed by atoms with Crippen LogP contribution in [-0.2, 0) is 0 Å². The number of hydrogen-bond donors (Lipinski definition) is 1. The molecule has 0 bridgehead atoms. The molecule has 0 radical (unpaired) electrons. The number of nitrogens with zero attached hydrogens (tertiary/aromatic N) is 4. The van der Waals surface area contributed by atoms with Gasteiger partial charge in [0.1, 0.15) is 11.9 Å². The number of aromatic nitrogens is 1. The normalized spacial score (nSPS) is 18.8. The molecule has 2 aliphatic rings. The molecule has 1 aromatic rings. The average Bonchev–Trinajstić information content (AvgIpc) is 3.33. The van der Waals surface area contributed by atoms with Gasteiger partial charge < -0.3 is 15.1 Å². The number of anilines is 1. The molecule has 6 nitrogen and oxygen atoms in total. The summed E-state index contributed by atoms with van der Waals surface area (Å²) in [5.74, 6) is 0.726. The minimum atomic E-state index is 0.0425. The van der Waals surface area contributed by atoms with E-state index in [-0.39, 0.29) is 6.03 Å². The van der Waals surface area contributed by atoms with E-state index in [0.29, 0.717) is 24.7 Å². The van der Waals surface area contributed by atoms with Crippen molar-refractivity contribution in [2.75, 3.05) is 31.1 Å². The first-order valence-electron chi connectivity index (χ1n) is 7.43. The van der Waals surface area contributed by atoms with Crippen molar-refractivity contribution in [2.24, 2.45) is 0 Å². The molecule has 1 aliphatic carbocycles. The van der Waals surface area contributed by atoms with Crippen LogP contribution < -0.4 is 10.2 Å². The van der Waals surface area contributed by atoms with E-state index < -0.39 is 0 Å². The van der Waals surface area contributed by atoms with E-state index in [1.54, 1.807) is 18.3 Å². The molecule has 1 saturated heterocycles. The number of carbonyl (C=O) groups is 1. The molecule has 2 fully saturated rings. The van der Waals surface area contributed by atoms with Crippen LogP contribution in [0.4, 0.5) is 10.6 Å². The molecule has 2 amide bonds. The Morgan fingerprint density at radius 2 is 2.19 bits per heavy atom. The maximum atomic E-state index is 12.1. The van der Waals surface area contributed by atoms with Crippen LogP contribution in [0.2, 0.25) is 0 Å². The number of urea groups is 1. The van der Waals surface area contributed by atoms with Gasteiger partial charge in [0, 0.05) is 38.4 Å². The lowest BCUT2D eigenvalue weighted by Crippen LogP contribution is -2.43. The van der Waals surface area contributed by atoms with Crippen LogP contribution in [0.1, 0.15) is 24.8 Å². The predicted molar refractivity (Wildman–Crippen MR) is 78.9 cm³/mol. The summed E-state index contributed by atoms with van der Waals surface area (Å²) < 4.78 is 0. The first-order valence-corrected chi connectivity index (χ1v) is 7.43. The van der Waals surface area contributed by atoms with Crippen LogP contribution in [0, 0.1) is 11.3 Å². The fraction of sp³-hybridized carbons (Fsp3) is 0.533. The number of pyridine rings is 1. The van der Waals surface area contributed by atoms with E-state index >= 15 is 0 Å². The minimum Gasteiger partial charge on any atom is -0.354 e. The summed E-state index contributed by atoms with van der Waals surface area (Å²) in [4.78, 5) is 20.4. The first kappa shape index (κ1) is 13.7. The highest BCUT2D eigenvalue weighted by Crippen LogP contribution is 2.20. The van der Waals surface area contributed by atoms with Crippen molar-refractivity contribution in [3.63, 3.8) is 0 Å². The van der Waals surface area contributed by atoms with Gasteiger partial charge in [0.25, 0.3) is 0 Å². The predicted octanol–water partition coefficient (Wildman–Crippen LogP) is 1.34. The van der Waals surface area contributed by atoms with Crippen molar-refractivity contribution < 1.29 is 4.79 Å². The van der Waals surface area contributed by atoms with Crippen molar-refractivity contribution in [3.8, 4) is 6.07 Å². The third kappa shape index (κ3) is 3.24. The van der Waals surface area contributed by atoms with Gasteiger partial charge in [-0.05, 0) is 31.4 Å². The van der Waals surface area contributed by atoms with E-state index in [1.807, 2.05) is 4.90 Å². The lowest BCUT2D eigenvalue weighted by Gasteiger charge is -2.23. The van der Waals surface area contributed by atoms with E-state index in [4.69, 9.17) is 0 Å². The fourth-order valence-electron chi connectivity index (χ4n) is 2.56. The van der Waals surface area contributed by atoms with Gasteiger partial charge in [0.05, 0.1) is 5.56 Å². The van der Waals surface area contributed by atoms with Gasteiger partial charge in [-0.15, -0.1) is 0 Å². The first-order chi connectivity index (χ1) is 10.3. The maximum Gasteiger partial charge on any atom is 0.317 e. The molecule has 0 atom stereocenters. The smallest absolute Gasteiger partial charge is 0.317 e. The van der Waals surface area contributed by atoms with Crippen molar-refractivity contribution in [1.29, 1.82) is 5.26 Å². The summed E-state index contributed by atoms with van der Waals surface area (Å²) in [5, 5.41) is 12.2. The third-order valence-electron chi connectivity index (χ3n) is 3.89. The molecular weight excluding hydrogens is 266 g/mol. The lowest BCUT2D eigenvalue weighted by molar-refractivity contribution is 0.201. The number of nitrogens with one attached hydrogen (secondary N) is 1. The van der Waals surface area contributed by atoms with Crippen LogP contribution in [0.5, 0.6) is 0 Å². The average molecular weight is 285 g/mol.